The molecule has 164 valence electrons. The number of benzene rings is 3. The van der Waals surface area contributed by atoms with Crippen LogP contribution in [0.5, 0.6) is 5.75 Å². The zero-order chi connectivity index (χ0) is 23.7. The summed E-state index contributed by atoms with van der Waals surface area (Å²) in [6.45, 7) is 0. The molecule has 1 aliphatic carbocycles. The number of rotatable bonds is 6. The Bertz CT molecular complexity index is 1470. The molecule has 0 aliphatic heterocycles. The highest BCUT2D eigenvalue weighted by Gasteiger charge is 2.34. The van der Waals surface area contributed by atoms with Crippen LogP contribution in [0.25, 0.3) is 22.4 Å². The molecule has 5 nitrogen and oxygen atoms in total. The van der Waals surface area contributed by atoms with Crippen LogP contribution < -0.4 is 4.74 Å². The molecule has 0 atom stereocenters. The van der Waals surface area contributed by atoms with E-state index in [0.29, 0.717) is 44.3 Å². The van der Waals surface area contributed by atoms with Crippen molar-refractivity contribution in [1.82, 2.24) is 4.98 Å². The fourth-order valence-electron chi connectivity index (χ4n) is 4.10. The molecule has 1 aliphatic rings. The first-order valence-electron chi connectivity index (χ1n) is 10.6. The molecule has 6 heteroatoms. The van der Waals surface area contributed by atoms with Crippen molar-refractivity contribution in [2.75, 3.05) is 12.9 Å². The topological polar surface area (TPSA) is 80.0 Å². The Balaban J connectivity index is 1.66. The number of nitrogens with zero attached hydrogens (tertiary/aromatic N) is 2. The zero-order valence-corrected chi connectivity index (χ0v) is 19.1. The van der Waals surface area contributed by atoms with Crippen LogP contribution in [0.3, 0.4) is 0 Å². The molecule has 4 aromatic rings. The molecule has 0 saturated heterocycles. The maximum absolute atomic E-state index is 13.4. The molecule has 0 saturated carbocycles. The first-order chi connectivity index (χ1) is 16.6. The lowest BCUT2D eigenvalue weighted by Crippen LogP contribution is -2.06. The van der Waals surface area contributed by atoms with Gasteiger partial charge < -0.3 is 4.74 Å². The van der Waals surface area contributed by atoms with Gasteiger partial charge in [-0.15, -0.1) is 0 Å². The minimum atomic E-state index is -0.155. The van der Waals surface area contributed by atoms with Gasteiger partial charge in [0, 0.05) is 22.3 Å². The van der Waals surface area contributed by atoms with Crippen LogP contribution in [0.1, 0.15) is 31.8 Å². The number of ketones is 2. The van der Waals surface area contributed by atoms with Crippen molar-refractivity contribution in [1.29, 1.82) is 5.26 Å². The number of thioether (sulfide) groups is 1. The van der Waals surface area contributed by atoms with Gasteiger partial charge in [-0.25, -0.2) is 4.98 Å². The molecule has 0 fully saturated rings. The summed E-state index contributed by atoms with van der Waals surface area (Å²) < 4.78 is 5.27. The van der Waals surface area contributed by atoms with E-state index < -0.39 is 0 Å². The molecular weight excluding hydrogens is 444 g/mol. The van der Waals surface area contributed by atoms with Crippen molar-refractivity contribution in [2.45, 2.75) is 5.03 Å². The molecule has 0 bridgehead atoms. The number of hydrogen-bond donors (Lipinski definition) is 0. The molecule has 5 rings (SSSR count). The quantitative estimate of drug-likeness (QED) is 0.234. The first kappa shape index (κ1) is 21.6. The highest BCUT2D eigenvalue weighted by molar-refractivity contribution is 8.00. The number of Topliss-reactive ketones (excluding diaryl/α,β-unsaturated/α-hetero) is 1. The van der Waals surface area contributed by atoms with Crippen LogP contribution in [0, 0.1) is 11.3 Å². The largest absolute Gasteiger partial charge is 0.497 e. The number of pyridine rings is 1. The van der Waals surface area contributed by atoms with Crippen molar-refractivity contribution < 1.29 is 14.3 Å². The van der Waals surface area contributed by atoms with Gasteiger partial charge in [-0.05, 0) is 17.7 Å². The summed E-state index contributed by atoms with van der Waals surface area (Å²) in [5, 5.41) is 10.6. The van der Waals surface area contributed by atoms with Gasteiger partial charge in [0.25, 0.3) is 0 Å². The third-order valence-electron chi connectivity index (χ3n) is 5.74. The standard InChI is InChI=1S/C28H18N2O3S/c1-33-19-13-11-18(12-14-19)24-22(15-29)28(34-16-23(31)17-7-3-2-4-8-17)30-26-20-9-5-6-10-21(20)27(32)25(24)26/h2-14H,16H2,1H3. The second-order valence-corrected chi connectivity index (χ2v) is 8.65. The number of hydrogen-bond acceptors (Lipinski definition) is 6. The van der Waals surface area contributed by atoms with Gasteiger partial charge in [-0.2, -0.15) is 5.26 Å². The number of aromatic nitrogens is 1. The van der Waals surface area contributed by atoms with Crippen molar-refractivity contribution >= 4 is 23.3 Å². The summed E-state index contributed by atoms with van der Waals surface area (Å²) in [5.41, 5.74) is 4.40. The van der Waals surface area contributed by atoms with Gasteiger partial charge in [-0.3, -0.25) is 9.59 Å². The molecule has 0 radical (unpaired) electrons. The van der Waals surface area contributed by atoms with Crippen molar-refractivity contribution in [3.63, 3.8) is 0 Å². The average molecular weight is 463 g/mol. The highest BCUT2D eigenvalue weighted by atomic mass is 32.2. The molecule has 0 amide bonds. The summed E-state index contributed by atoms with van der Waals surface area (Å²) >= 11 is 1.21. The number of ether oxygens (including phenoxy) is 1. The van der Waals surface area contributed by atoms with E-state index in [9.17, 15) is 14.9 Å². The predicted molar refractivity (Wildman–Crippen MR) is 131 cm³/mol. The first-order valence-corrected chi connectivity index (χ1v) is 11.6. The Hall–Kier alpha value is -4.21. The summed E-state index contributed by atoms with van der Waals surface area (Å²) in [5.74, 6) is 0.587. The smallest absolute Gasteiger partial charge is 0.196 e. The van der Waals surface area contributed by atoms with E-state index in [0.717, 1.165) is 5.56 Å². The Kier molecular flexibility index (Phi) is 5.70. The highest BCUT2D eigenvalue weighted by Crippen LogP contribution is 2.44. The number of carbonyl (C=O) groups excluding carboxylic acids is 2. The number of carbonyl (C=O) groups is 2. The molecule has 0 spiro atoms. The van der Waals surface area contributed by atoms with E-state index in [1.807, 2.05) is 48.5 Å². The molecule has 0 unspecified atom stereocenters. The van der Waals surface area contributed by atoms with Crippen LogP contribution in [0.2, 0.25) is 0 Å². The average Bonchev–Trinajstić information content (AvgIpc) is 3.18. The Labute approximate surface area is 201 Å². The van der Waals surface area contributed by atoms with Crippen molar-refractivity contribution in [2.24, 2.45) is 0 Å². The minimum absolute atomic E-state index is 0.0562. The molecule has 34 heavy (non-hydrogen) atoms. The summed E-state index contributed by atoms with van der Waals surface area (Å²) in [6, 6.07) is 25.8. The molecule has 1 aromatic heterocycles. The monoisotopic (exact) mass is 462 g/mol. The van der Waals surface area contributed by atoms with E-state index in [2.05, 4.69) is 6.07 Å². The fraction of sp³-hybridized carbons (Fsp3) is 0.0714. The fourth-order valence-corrected chi connectivity index (χ4v) is 4.98. The lowest BCUT2D eigenvalue weighted by Gasteiger charge is -2.14. The van der Waals surface area contributed by atoms with E-state index in [1.165, 1.54) is 11.8 Å². The molecule has 1 heterocycles. The zero-order valence-electron chi connectivity index (χ0n) is 18.2. The number of fused-ring (bicyclic) bond motifs is 3. The SMILES string of the molecule is COc1ccc(-c2c(C#N)c(SCC(=O)c3ccccc3)nc3c2C(=O)c2ccccc2-3)cc1. The summed E-state index contributed by atoms with van der Waals surface area (Å²) in [6.07, 6.45) is 0. The predicted octanol–water partition coefficient (Wildman–Crippen LogP) is 5.82. The van der Waals surface area contributed by atoms with E-state index in [1.54, 1.807) is 37.4 Å². The Morgan fingerprint density at radius 1 is 0.941 bits per heavy atom. The van der Waals surface area contributed by atoms with Crippen LogP contribution in [0.15, 0.2) is 83.9 Å². The van der Waals surface area contributed by atoms with Crippen LogP contribution in [-0.2, 0) is 0 Å². The maximum atomic E-state index is 13.4. The normalized spacial score (nSPS) is 11.5. The third-order valence-corrected chi connectivity index (χ3v) is 6.72. The van der Waals surface area contributed by atoms with Gasteiger partial charge in [0.05, 0.1) is 29.7 Å². The Morgan fingerprint density at radius 3 is 2.29 bits per heavy atom. The molecule has 0 N–H and O–H groups in total. The second-order valence-electron chi connectivity index (χ2n) is 7.68. The van der Waals surface area contributed by atoms with Gasteiger partial charge in [-0.1, -0.05) is 78.5 Å². The second kappa shape index (κ2) is 8.97. The maximum Gasteiger partial charge on any atom is 0.196 e. The van der Waals surface area contributed by atoms with E-state index in [4.69, 9.17) is 9.72 Å². The van der Waals surface area contributed by atoms with E-state index in [-0.39, 0.29) is 22.9 Å². The molecule has 3 aromatic carbocycles. The number of nitriles is 1. The van der Waals surface area contributed by atoms with Gasteiger partial charge in [0.15, 0.2) is 11.6 Å². The van der Waals surface area contributed by atoms with E-state index >= 15 is 0 Å². The van der Waals surface area contributed by atoms with Crippen LogP contribution in [0.4, 0.5) is 0 Å². The van der Waals surface area contributed by atoms with Gasteiger partial charge in [0.2, 0.25) is 0 Å². The van der Waals surface area contributed by atoms with Crippen molar-refractivity contribution in [3.05, 3.63) is 101 Å². The summed E-state index contributed by atoms with van der Waals surface area (Å²) in [7, 11) is 1.58. The Morgan fingerprint density at radius 2 is 1.62 bits per heavy atom. The van der Waals surface area contributed by atoms with Crippen LogP contribution >= 0.6 is 11.8 Å². The lowest BCUT2D eigenvalue weighted by molar-refractivity contribution is 0.101. The van der Waals surface area contributed by atoms with Crippen LogP contribution in [-0.4, -0.2) is 29.4 Å². The van der Waals surface area contributed by atoms with Crippen molar-refractivity contribution in [3.8, 4) is 34.2 Å². The van der Waals surface area contributed by atoms with Gasteiger partial charge >= 0.3 is 0 Å². The lowest BCUT2D eigenvalue weighted by atomic mass is 9.94. The number of methoxy groups -OCH3 is 1. The minimum Gasteiger partial charge on any atom is -0.497 e. The summed E-state index contributed by atoms with van der Waals surface area (Å²) in [4.78, 5) is 30.9. The van der Waals surface area contributed by atoms with Gasteiger partial charge in [0.1, 0.15) is 16.8 Å². The molecular formula is C28H18N2O3S. The third kappa shape index (κ3) is 3.66.